The van der Waals surface area contributed by atoms with Crippen molar-refractivity contribution in [1.29, 1.82) is 0 Å². The Balaban J connectivity index is 1.72. The van der Waals surface area contributed by atoms with Gasteiger partial charge in [-0.15, -0.1) is 0 Å². The number of aliphatic hydroxyl groups excluding tert-OH is 2. The number of nitrogens with two attached hydrogens (primary N) is 1. The fraction of sp³-hybridized carbons (Fsp3) is 0.500. The van der Waals surface area contributed by atoms with Gasteiger partial charge in [-0.05, 0) is 0 Å². The smallest absolute Gasteiger partial charge is 0.387 e. The maximum Gasteiger partial charge on any atom is 0.490 e. The molecule has 1 aliphatic heterocycles. The van der Waals surface area contributed by atoms with Gasteiger partial charge in [0.05, 0.1) is 12.9 Å². The predicted octanol–water partition coefficient (Wildman–Crippen LogP) is -1.49. The predicted molar refractivity (Wildman–Crippen MR) is 95.4 cm³/mol. The van der Waals surface area contributed by atoms with Gasteiger partial charge in [-0.3, -0.25) is 9.09 Å². The standard InChI is InChI=1S/C10H15FN5O13P3/c11-10-14-7(12)4-8(15-10)16(2-13-4)9-6(18)5(17)3(27-9)1-26-31(22,23)29-32(24,25)28-30(19,20)21/h2-3,5-6,9,17-18H,1H2,(H,22,23)(H,24,25)(H2,12,14,15)(H2,19,20,21)/t3-,5-,6+,9-/m1/s1. The van der Waals surface area contributed by atoms with Crippen molar-refractivity contribution in [3.05, 3.63) is 12.4 Å². The number of halogens is 1. The Bertz CT molecular complexity index is 1160. The van der Waals surface area contributed by atoms with Gasteiger partial charge in [0.2, 0.25) is 0 Å². The van der Waals surface area contributed by atoms with Crippen LogP contribution >= 0.6 is 23.5 Å². The quantitative estimate of drug-likeness (QED) is 0.153. The molecule has 22 heteroatoms. The van der Waals surface area contributed by atoms with Gasteiger partial charge in [0, 0.05) is 0 Å². The fourth-order valence-electron chi connectivity index (χ4n) is 2.66. The molecule has 18 nitrogen and oxygen atoms in total. The van der Waals surface area contributed by atoms with Gasteiger partial charge in [0.25, 0.3) is 0 Å². The van der Waals surface area contributed by atoms with Crippen LogP contribution < -0.4 is 5.73 Å². The molecule has 180 valence electrons. The summed E-state index contributed by atoms with van der Waals surface area (Å²) >= 11 is 0. The molecule has 0 aromatic carbocycles. The number of ether oxygens (including phenoxy) is 1. The normalized spacial score (nSPS) is 28.0. The zero-order valence-corrected chi connectivity index (χ0v) is 17.9. The van der Waals surface area contributed by atoms with Gasteiger partial charge in [-0.25, -0.2) is 18.7 Å². The van der Waals surface area contributed by atoms with Crippen LogP contribution in [0.5, 0.6) is 0 Å². The number of imidazole rings is 1. The van der Waals surface area contributed by atoms with Crippen LogP contribution in [0.1, 0.15) is 6.23 Å². The number of phosphoric acid groups is 3. The van der Waals surface area contributed by atoms with Crippen LogP contribution in [0.4, 0.5) is 10.2 Å². The molecular formula is C10H15FN5O13P3. The van der Waals surface area contributed by atoms with Crippen LogP contribution in [0.15, 0.2) is 6.33 Å². The highest BCUT2D eigenvalue weighted by Gasteiger charge is 2.47. The van der Waals surface area contributed by atoms with E-state index >= 15 is 0 Å². The van der Waals surface area contributed by atoms with E-state index in [2.05, 4.69) is 28.1 Å². The summed E-state index contributed by atoms with van der Waals surface area (Å²) in [7, 11) is -16.8. The minimum absolute atomic E-state index is 0.0478. The van der Waals surface area contributed by atoms with Crippen molar-refractivity contribution in [2.24, 2.45) is 0 Å². The number of hydrogen-bond donors (Lipinski definition) is 7. The van der Waals surface area contributed by atoms with Crippen LogP contribution in [0.3, 0.4) is 0 Å². The van der Waals surface area contributed by atoms with E-state index in [1.807, 2.05) is 0 Å². The zero-order valence-electron chi connectivity index (χ0n) is 15.2. The van der Waals surface area contributed by atoms with Crippen LogP contribution in [-0.2, 0) is 31.6 Å². The molecule has 0 bridgehead atoms. The number of aromatic nitrogens is 4. The van der Waals surface area contributed by atoms with Crippen molar-refractivity contribution in [3.63, 3.8) is 0 Å². The number of anilines is 1. The van der Waals surface area contributed by atoms with E-state index in [1.54, 1.807) is 0 Å². The molecule has 3 heterocycles. The lowest BCUT2D eigenvalue weighted by Gasteiger charge is -2.19. The molecule has 2 aromatic rings. The highest BCUT2D eigenvalue weighted by Crippen LogP contribution is 2.66. The molecule has 1 saturated heterocycles. The van der Waals surface area contributed by atoms with Crippen molar-refractivity contribution in [3.8, 4) is 0 Å². The minimum atomic E-state index is -5.74. The third-order valence-electron chi connectivity index (χ3n) is 3.85. The molecule has 0 spiro atoms. The monoisotopic (exact) mass is 525 g/mol. The lowest BCUT2D eigenvalue weighted by atomic mass is 10.1. The third-order valence-corrected chi connectivity index (χ3v) is 7.65. The van der Waals surface area contributed by atoms with Crippen molar-refractivity contribution in [1.82, 2.24) is 19.5 Å². The maximum atomic E-state index is 13.5. The van der Waals surface area contributed by atoms with Crippen molar-refractivity contribution in [2.75, 3.05) is 12.3 Å². The SMILES string of the molecule is Nc1nc(F)nc2c1ncn2[C@@H]1O[C@H](COP(=O)(O)OP(=O)(O)OP(=O)(O)O)[C@@H](O)[C@@H]1O. The first kappa shape index (κ1) is 25.2. The molecule has 6 atom stereocenters. The summed E-state index contributed by atoms with van der Waals surface area (Å²) < 4.78 is 65.0. The summed E-state index contributed by atoms with van der Waals surface area (Å²) in [5, 5.41) is 20.4. The Labute approximate surface area is 175 Å². The molecule has 0 amide bonds. The summed E-state index contributed by atoms with van der Waals surface area (Å²) in [6.45, 7) is -1.03. The molecule has 3 rings (SSSR count). The topological polar surface area (TPSA) is 279 Å². The Kier molecular flexibility index (Phi) is 6.88. The maximum absolute atomic E-state index is 13.5. The van der Waals surface area contributed by atoms with E-state index < -0.39 is 60.7 Å². The van der Waals surface area contributed by atoms with Gasteiger partial charge < -0.3 is 40.3 Å². The van der Waals surface area contributed by atoms with Crippen molar-refractivity contribution >= 4 is 40.4 Å². The number of hydrogen-bond acceptors (Lipinski definition) is 13. The lowest BCUT2D eigenvalue weighted by Crippen LogP contribution is -2.33. The van der Waals surface area contributed by atoms with E-state index in [-0.39, 0.29) is 17.0 Å². The largest absolute Gasteiger partial charge is 0.490 e. The number of fused-ring (bicyclic) bond motifs is 1. The van der Waals surface area contributed by atoms with Gasteiger partial charge in [-0.2, -0.15) is 23.0 Å². The number of aliphatic hydroxyl groups is 2. The first-order valence-corrected chi connectivity index (χ1v) is 12.6. The van der Waals surface area contributed by atoms with E-state index in [0.29, 0.717) is 0 Å². The van der Waals surface area contributed by atoms with Crippen LogP contribution in [0.2, 0.25) is 0 Å². The Hall–Kier alpha value is -1.43. The summed E-state index contributed by atoms with van der Waals surface area (Å²) in [5.41, 5.74) is 5.27. The molecule has 2 aromatic heterocycles. The van der Waals surface area contributed by atoms with Crippen LogP contribution in [0.25, 0.3) is 11.2 Å². The van der Waals surface area contributed by atoms with Gasteiger partial charge in [-0.1, -0.05) is 0 Å². The van der Waals surface area contributed by atoms with E-state index in [1.165, 1.54) is 0 Å². The van der Waals surface area contributed by atoms with Crippen molar-refractivity contribution in [2.45, 2.75) is 24.5 Å². The average Bonchev–Trinajstić information content (AvgIpc) is 3.12. The summed E-state index contributed by atoms with van der Waals surface area (Å²) in [4.78, 5) is 46.1. The zero-order chi connectivity index (χ0) is 24.1. The molecule has 2 unspecified atom stereocenters. The lowest BCUT2D eigenvalue weighted by molar-refractivity contribution is -0.0503. The Morgan fingerprint density at radius 2 is 1.75 bits per heavy atom. The number of nitrogens with zero attached hydrogens (tertiary/aromatic N) is 4. The molecule has 0 saturated carbocycles. The summed E-state index contributed by atoms with van der Waals surface area (Å²) in [6, 6.07) is 0. The third kappa shape index (κ3) is 5.73. The first-order valence-electron chi connectivity index (χ1n) is 8.04. The second-order valence-corrected chi connectivity index (χ2v) is 10.6. The van der Waals surface area contributed by atoms with Gasteiger partial charge in [0.1, 0.15) is 18.3 Å². The second-order valence-electron chi connectivity index (χ2n) is 6.13. The molecule has 0 aliphatic carbocycles. The van der Waals surface area contributed by atoms with E-state index in [0.717, 1.165) is 10.9 Å². The molecule has 32 heavy (non-hydrogen) atoms. The van der Waals surface area contributed by atoms with E-state index in [9.17, 15) is 33.2 Å². The second kappa shape index (κ2) is 8.73. The summed E-state index contributed by atoms with van der Waals surface area (Å²) in [5.74, 6) is -0.316. The molecule has 0 radical (unpaired) electrons. The number of phosphoric ester groups is 1. The molecule has 1 aliphatic rings. The number of rotatable bonds is 8. The van der Waals surface area contributed by atoms with E-state index in [4.69, 9.17) is 25.2 Å². The minimum Gasteiger partial charge on any atom is -0.387 e. The van der Waals surface area contributed by atoms with Gasteiger partial charge >= 0.3 is 29.5 Å². The molecule has 1 fully saturated rings. The van der Waals surface area contributed by atoms with Crippen molar-refractivity contribution < 1.29 is 65.8 Å². The highest BCUT2D eigenvalue weighted by molar-refractivity contribution is 7.66. The fourth-order valence-corrected chi connectivity index (χ4v) is 5.69. The van der Waals surface area contributed by atoms with Gasteiger partial charge in [0.15, 0.2) is 23.2 Å². The first-order chi connectivity index (χ1) is 14.6. The summed E-state index contributed by atoms with van der Waals surface area (Å²) in [6.07, 6.45) is -6.68. The average molecular weight is 525 g/mol. The Morgan fingerprint density at radius 1 is 1.09 bits per heavy atom. The molecule has 8 N–H and O–H groups in total. The van der Waals surface area contributed by atoms with Crippen LogP contribution in [-0.4, -0.2) is 74.2 Å². The number of nitrogen functional groups attached to an aromatic ring is 1. The molecular weight excluding hydrogens is 510 g/mol. The van der Waals surface area contributed by atoms with Crippen LogP contribution in [0, 0.1) is 6.08 Å². The Morgan fingerprint density at radius 3 is 2.38 bits per heavy atom. The highest BCUT2D eigenvalue weighted by atomic mass is 31.3.